The summed E-state index contributed by atoms with van der Waals surface area (Å²) in [5.74, 6) is 0.831. The van der Waals surface area contributed by atoms with E-state index in [2.05, 4.69) is 10.2 Å². The normalized spacial score (nSPS) is 15.2. The molecule has 33 heavy (non-hydrogen) atoms. The Balaban J connectivity index is 1.70. The molecule has 0 radical (unpaired) electrons. The number of amides is 1. The molecule has 0 N–H and O–H groups in total. The van der Waals surface area contributed by atoms with Gasteiger partial charge in [-0.2, -0.15) is 0 Å². The lowest BCUT2D eigenvalue weighted by Crippen LogP contribution is -2.29. The number of anilines is 1. The zero-order chi connectivity index (χ0) is 23.1. The van der Waals surface area contributed by atoms with Crippen LogP contribution in [0, 0.1) is 6.92 Å². The molecule has 1 aliphatic heterocycles. The van der Waals surface area contributed by atoms with E-state index in [1.807, 2.05) is 38.1 Å². The Kier molecular flexibility index (Phi) is 5.33. The molecular weight excluding hydrogens is 442 g/mol. The topological polar surface area (TPSA) is 94.8 Å². The highest BCUT2D eigenvalue weighted by Crippen LogP contribution is 2.42. The molecule has 1 atom stereocenters. The monoisotopic (exact) mass is 463 g/mol. The van der Waals surface area contributed by atoms with Gasteiger partial charge in [-0.15, -0.1) is 10.2 Å². The molecule has 1 aliphatic rings. The Morgan fingerprint density at radius 2 is 1.85 bits per heavy atom. The van der Waals surface area contributed by atoms with Gasteiger partial charge in [-0.05, 0) is 43.2 Å². The van der Waals surface area contributed by atoms with Crippen molar-refractivity contribution < 1.29 is 18.7 Å². The Morgan fingerprint density at radius 3 is 2.52 bits per heavy atom. The van der Waals surface area contributed by atoms with Gasteiger partial charge in [0.2, 0.25) is 10.9 Å². The first-order chi connectivity index (χ1) is 16.0. The summed E-state index contributed by atoms with van der Waals surface area (Å²) in [7, 11) is 1.53. The number of fused-ring (bicyclic) bond motifs is 2. The van der Waals surface area contributed by atoms with Crippen LogP contribution in [0.4, 0.5) is 5.13 Å². The summed E-state index contributed by atoms with van der Waals surface area (Å²) in [6.07, 6.45) is 0.898. The Labute approximate surface area is 193 Å². The van der Waals surface area contributed by atoms with E-state index in [1.165, 1.54) is 23.3 Å². The molecule has 0 fully saturated rings. The van der Waals surface area contributed by atoms with Crippen LogP contribution in [0.1, 0.15) is 46.1 Å². The minimum absolute atomic E-state index is 0.00455. The van der Waals surface area contributed by atoms with E-state index in [4.69, 9.17) is 13.9 Å². The third-order valence-corrected chi connectivity index (χ3v) is 6.31. The Morgan fingerprint density at radius 1 is 1.09 bits per heavy atom. The maximum Gasteiger partial charge on any atom is 0.297 e. The molecule has 2 aromatic heterocycles. The van der Waals surface area contributed by atoms with Gasteiger partial charge in [-0.3, -0.25) is 14.5 Å². The van der Waals surface area contributed by atoms with Crippen LogP contribution in [0.25, 0.3) is 11.0 Å². The van der Waals surface area contributed by atoms with Crippen molar-refractivity contribution in [2.45, 2.75) is 26.3 Å². The van der Waals surface area contributed by atoms with Crippen molar-refractivity contribution in [3.8, 4) is 11.5 Å². The van der Waals surface area contributed by atoms with E-state index in [0.29, 0.717) is 33.5 Å². The smallest absolute Gasteiger partial charge is 0.297 e. The van der Waals surface area contributed by atoms with Crippen LogP contribution in [0.2, 0.25) is 0 Å². The SMILES string of the molecule is CCCOc1ccc(C2c3c(oc4cc(OC)ccc4c3=O)C(=O)N2c2nnc(C)s2)cc1. The number of rotatable bonds is 6. The van der Waals surface area contributed by atoms with Crippen LogP contribution < -0.4 is 19.8 Å². The molecule has 0 aliphatic carbocycles. The summed E-state index contributed by atoms with van der Waals surface area (Å²) >= 11 is 1.28. The molecule has 168 valence electrons. The predicted molar refractivity (Wildman–Crippen MR) is 125 cm³/mol. The van der Waals surface area contributed by atoms with Crippen molar-refractivity contribution in [1.82, 2.24) is 10.2 Å². The van der Waals surface area contributed by atoms with Crippen LogP contribution in [-0.2, 0) is 0 Å². The first-order valence-corrected chi connectivity index (χ1v) is 11.3. The standard InChI is InChI=1S/C24H21N3O5S/c1-4-11-31-15-7-5-14(6-8-15)20-19-21(28)17-10-9-16(30-3)12-18(17)32-22(19)23(29)27(20)24-26-25-13(2)33-24/h5-10,12,20H,4,11H2,1-3H3. The van der Waals surface area contributed by atoms with Gasteiger partial charge in [-0.25, -0.2) is 0 Å². The number of aryl methyl sites for hydroxylation is 1. The molecule has 0 saturated carbocycles. The van der Waals surface area contributed by atoms with Crippen molar-refractivity contribution in [2.75, 3.05) is 18.6 Å². The van der Waals surface area contributed by atoms with Gasteiger partial charge in [0.05, 0.1) is 30.7 Å². The zero-order valence-corrected chi connectivity index (χ0v) is 19.1. The number of ether oxygens (including phenoxy) is 2. The average molecular weight is 464 g/mol. The third kappa shape index (κ3) is 3.54. The van der Waals surface area contributed by atoms with Gasteiger partial charge in [-0.1, -0.05) is 30.4 Å². The molecule has 0 spiro atoms. The second kappa shape index (κ2) is 8.32. The molecular formula is C24H21N3O5S. The third-order valence-electron chi connectivity index (χ3n) is 5.47. The molecule has 9 heteroatoms. The summed E-state index contributed by atoms with van der Waals surface area (Å²) in [6, 6.07) is 11.7. The van der Waals surface area contributed by atoms with Gasteiger partial charge in [0, 0.05) is 6.07 Å². The van der Waals surface area contributed by atoms with E-state index in [9.17, 15) is 9.59 Å². The molecule has 4 aromatic rings. The molecule has 5 rings (SSSR count). The number of benzene rings is 2. The molecule has 8 nitrogen and oxygen atoms in total. The lowest BCUT2D eigenvalue weighted by atomic mass is 9.98. The van der Waals surface area contributed by atoms with Crippen molar-refractivity contribution in [1.29, 1.82) is 0 Å². The van der Waals surface area contributed by atoms with Crippen LogP contribution in [-0.4, -0.2) is 29.8 Å². The lowest BCUT2D eigenvalue weighted by molar-refractivity contribution is 0.0970. The second-order valence-corrected chi connectivity index (χ2v) is 8.80. The van der Waals surface area contributed by atoms with E-state index < -0.39 is 11.9 Å². The van der Waals surface area contributed by atoms with Crippen LogP contribution >= 0.6 is 11.3 Å². The molecule has 3 heterocycles. The average Bonchev–Trinajstić information content (AvgIpc) is 3.38. The number of carbonyl (C=O) groups is 1. The van der Waals surface area contributed by atoms with Crippen LogP contribution in [0.15, 0.2) is 51.7 Å². The number of hydrogen-bond donors (Lipinski definition) is 0. The van der Waals surface area contributed by atoms with Crippen LogP contribution in [0.3, 0.4) is 0 Å². The predicted octanol–water partition coefficient (Wildman–Crippen LogP) is 4.50. The highest BCUT2D eigenvalue weighted by molar-refractivity contribution is 7.15. The van der Waals surface area contributed by atoms with Crippen molar-refractivity contribution >= 4 is 33.3 Å². The Hall–Kier alpha value is -3.72. The van der Waals surface area contributed by atoms with Gasteiger partial charge in [0.25, 0.3) is 5.91 Å². The van der Waals surface area contributed by atoms with E-state index in [-0.39, 0.29) is 16.8 Å². The number of methoxy groups -OCH3 is 1. The summed E-state index contributed by atoms with van der Waals surface area (Å²) in [5, 5.41) is 9.74. The first-order valence-electron chi connectivity index (χ1n) is 10.5. The fourth-order valence-electron chi connectivity index (χ4n) is 3.94. The number of nitrogens with zero attached hydrogens (tertiary/aromatic N) is 3. The number of carbonyl (C=O) groups excluding carboxylic acids is 1. The summed E-state index contributed by atoms with van der Waals surface area (Å²) in [4.78, 5) is 28.6. The molecule has 1 amide bonds. The highest BCUT2D eigenvalue weighted by Gasteiger charge is 2.45. The fourth-order valence-corrected chi connectivity index (χ4v) is 4.65. The maximum absolute atomic E-state index is 13.6. The summed E-state index contributed by atoms with van der Waals surface area (Å²) in [6.45, 7) is 4.46. The number of aromatic nitrogens is 2. The largest absolute Gasteiger partial charge is 0.497 e. The van der Waals surface area contributed by atoms with Gasteiger partial charge >= 0.3 is 0 Å². The highest BCUT2D eigenvalue weighted by atomic mass is 32.1. The quantitative estimate of drug-likeness (QED) is 0.415. The van der Waals surface area contributed by atoms with Gasteiger partial charge < -0.3 is 13.9 Å². The molecule has 0 bridgehead atoms. The second-order valence-electron chi connectivity index (χ2n) is 7.63. The summed E-state index contributed by atoms with van der Waals surface area (Å²) in [5.41, 5.74) is 1.07. The Bertz CT molecular complexity index is 1410. The van der Waals surface area contributed by atoms with Crippen LogP contribution in [0.5, 0.6) is 11.5 Å². The van der Waals surface area contributed by atoms with Gasteiger partial charge in [0.1, 0.15) is 22.1 Å². The maximum atomic E-state index is 13.6. The van der Waals surface area contributed by atoms with E-state index >= 15 is 0 Å². The van der Waals surface area contributed by atoms with Gasteiger partial charge in [0.15, 0.2) is 5.43 Å². The molecule has 1 unspecified atom stereocenters. The summed E-state index contributed by atoms with van der Waals surface area (Å²) < 4.78 is 16.9. The fraction of sp³-hybridized carbons (Fsp3) is 0.250. The number of hydrogen-bond acceptors (Lipinski definition) is 8. The molecule has 2 aromatic carbocycles. The lowest BCUT2D eigenvalue weighted by Gasteiger charge is -2.22. The van der Waals surface area contributed by atoms with E-state index in [0.717, 1.165) is 17.7 Å². The van der Waals surface area contributed by atoms with Crippen molar-refractivity contribution in [2.24, 2.45) is 0 Å². The minimum atomic E-state index is -0.692. The molecule has 0 saturated heterocycles. The minimum Gasteiger partial charge on any atom is -0.497 e. The zero-order valence-electron chi connectivity index (χ0n) is 18.3. The van der Waals surface area contributed by atoms with E-state index in [1.54, 1.807) is 18.2 Å². The first kappa shape index (κ1) is 21.1. The van der Waals surface area contributed by atoms with Crippen molar-refractivity contribution in [3.63, 3.8) is 0 Å². The van der Waals surface area contributed by atoms with Crippen molar-refractivity contribution in [3.05, 3.63) is 74.6 Å².